The summed E-state index contributed by atoms with van der Waals surface area (Å²) in [4.78, 5) is 29.6. The monoisotopic (exact) mass is 315 g/mol. The lowest BCUT2D eigenvalue weighted by Gasteiger charge is -2.30. The Labute approximate surface area is 132 Å². The maximum Gasteiger partial charge on any atom is 0.246 e. The summed E-state index contributed by atoms with van der Waals surface area (Å²) in [5, 5.41) is 0.804. The van der Waals surface area contributed by atoms with Crippen LogP contribution < -0.4 is 5.73 Å². The first-order chi connectivity index (χ1) is 10.6. The first-order valence-corrected chi connectivity index (χ1v) is 8.07. The number of piperidine rings is 1. The number of nitrogens with two attached hydrogens (primary N) is 1. The first kappa shape index (κ1) is 14.7. The molecule has 0 saturated carbocycles. The Hall–Kier alpha value is -2.21. The molecule has 0 bridgehead atoms. The third-order valence-corrected chi connectivity index (χ3v) is 4.82. The molecule has 0 spiro atoms. The van der Waals surface area contributed by atoms with E-state index in [-0.39, 0.29) is 17.7 Å². The van der Waals surface area contributed by atoms with Gasteiger partial charge in [0.25, 0.3) is 0 Å². The second-order valence-corrected chi connectivity index (χ2v) is 6.44. The summed E-state index contributed by atoms with van der Waals surface area (Å²) in [6, 6.07) is 7.87. The Morgan fingerprint density at radius 2 is 2.18 bits per heavy atom. The molecule has 1 fully saturated rings. The Balaban J connectivity index is 1.69. The van der Waals surface area contributed by atoms with Crippen LogP contribution in [-0.2, 0) is 9.59 Å². The molecule has 0 radical (unpaired) electrons. The highest BCUT2D eigenvalue weighted by atomic mass is 32.1. The summed E-state index contributed by atoms with van der Waals surface area (Å²) in [6.45, 7) is 1.09. The van der Waals surface area contributed by atoms with Gasteiger partial charge in [0.05, 0.1) is 16.1 Å². The van der Waals surface area contributed by atoms with Crippen LogP contribution in [0.25, 0.3) is 16.3 Å². The zero-order valence-corrected chi connectivity index (χ0v) is 12.9. The van der Waals surface area contributed by atoms with Gasteiger partial charge in [0, 0.05) is 19.2 Å². The molecule has 1 saturated heterocycles. The Bertz CT molecular complexity index is 705. The molecule has 2 amide bonds. The summed E-state index contributed by atoms with van der Waals surface area (Å²) in [5.74, 6) is -0.647. The van der Waals surface area contributed by atoms with Crippen LogP contribution in [-0.4, -0.2) is 34.8 Å². The molecule has 1 atom stereocenters. The smallest absolute Gasteiger partial charge is 0.246 e. The van der Waals surface area contributed by atoms with E-state index in [4.69, 9.17) is 5.73 Å². The molecule has 2 aromatic rings. The minimum atomic E-state index is -0.326. The van der Waals surface area contributed by atoms with E-state index in [1.807, 2.05) is 24.3 Å². The number of primary amides is 1. The number of carbonyl (C=O) groups is 2. The highest BCUT2D eigenvalue weighted by molar-refractivity contribution is 7.19. The largest absolute Gasteiger partial charge is 0.369 e. The minimum absolute atomic E-state index is 0.0924. The predicted molar refractivity (Wildman–Crippen MR) is 87.2 cm³/mol. The Morgan fingerprint density at radius 3 is 2.95 bits per heavy atom. The summed E-state index contributed by atoms with van der Waals surface area (Å²) in [6.07, 6.45) is 4.84. The van der Waals surface area contributed by atoms with E-state index in [0.29, 0.717) is 13.1 Å². The van der Waals surface area contributed by atoms with Crippen molar-refractivity contribution in [3.63, 3.8) is 0 Å². The van der Waals surface area contributed by atoms with Gasteiger partial charge in [0.1, 0.15) is 5.01 Å². The van der Waals surface area contributed by atoms with E-state index in [2.05, 4.69) is 4.98 Å². The van der Waals surface area contributed by atoms with Gasteiger partial charge in [-0.3, -0.25) is 9.59 Å². The van der Waals surface area contributed by atoms with Gasteiger partial charge in [-0.15, -0.1) is 11.3 Å². The number of para-hydroxylation sites is 1. The van der Waals surface area contributed by atoms with Crippen LogP contribution in [0.3, 0.4) is 0 Å². The molecule has 0 aliphatic carbocycles. The zero-order chi connectivity index (χ0) is 15.5. The van der Waals surface area contributed by atoms with Crippen molar-refractivity contribution in [1.82, 2.24) is 9.88 Å². The lowest BCUT2D eigenvalue weighted by atomic mass is 9.97. The highest BCUT2D eigenvalue weighted by Crippen LogP contribution is 2.22. The van der Waals surface area contributed by atoms with E-state index in [1.165, 1.54) is 6.08 Å². The fourth-order valence-corrected chi connectivity index (χ4v) is 3.49. The van der Waals surface area contributed by atoms with Crippen LogP contribution in [0, 0.1) is 5.92 Å². The second-order valence-electron chi connectivity index (χ2n) is 5.38. The van der Waals surface area contributed by atoms with Gasteiger partial charge >= 0.3 is 0 Å². The number of fused-ring (bicyclic) bond motifs is 1. The second kappa shape index (κ2) is 6.27. The van der Waals surface area contributed by atoms with Crippen molar-refractivity contribution in [3.8, 4) is 0 Å². The lowest BCUT2D eigenvalue weighted by molar-refractivity contribution is -0.130. The molecule has 22 heavy (non-hydrogen) atoms. The van der Waals surface area contributed by atoms with Gasteiger partial charge in [-0.05, 0) is 31.1 Å². The minimum Gasteiger partial charge on any atom is -0.369 e. The molecule has 114 valence electrons. The van der Waals surface area contributed by atoms with Crippen molar-refractivity contribution in [3.05, 3.63) is 35.3 Å². The van der Waals surface area contributed by atoms with Crippen molar-refractivity contribution in [1.29, 1.82) is 0 Å². The van der Waals surface area contributed by atoms with E-state index < -0.39 is 0 Å². The molecule has 1 aromatic carbocycles. The van der Waals surface area contributed by atoms with Crippen molar-refractivity contribution >= 4 is 39.4 Å². The van der Waals surface area contributed by atoms with Crippen LogP contribution in [0.4, 0.5) is 0 Å². The number of hydrogen-bond donors (Lipinski definition) is 1. The molecule has 2 N–H and O–H groups in total. The molecule has 6 heteroatoms. The molecule has 1 aromatic heterocycles. The number of carbonyl (C=O) groups excluding carboxylic acids is 2. The third-order valence-electron chi connectivity index (χ3n) is 3.81. The van der Waals surface area contributed by atoms with Crippen LogP contribution in [0.5, 0.6) is 0 Å². The Morgan fingerprint density at radius 1 is 1.36 bits per heavy atom. The number of nitrogens with zero attached hydrogens (tertiary/aromatic N) is 2. The van der Waals surface area contributed by atoms with E-state index in [0.717, 1.165) is 28.1 Å². The maximum atomic E-state index is 12.2. The van der Waals surface area contributed by atoms with Gasteiger partial charge in [-0.25, -0.2) is 4.98 Å². The molecule has 1 unspecified atom stereocenters. The number of hydrogen-bond acceptors (Lipinski definition) is 4. The van der Waals surface area contributed by atoms with E-state index in [9.17, 15) is 9.59 Å². The van der Waals surface area contributed by atoms with Crippen LogP contribution in [0.2, 0.25) is 0 Å². The summed E-state index contributed by atoms with van der Waals surface area (Å²) >= 11 is 1.55. The van der Waals surface area contributed by atoms with Crippen LogP contribution in [0.1, 0.15) is 17.8 Å². The molecule has 2 heterocycles. The van der Waals surface area contributed by atoms with Gasteiger partial charge in [-0.2, -0.15) is 0 Å². The number of rotatable bonds is 3. The number of aromatic nitrogens is 1. The van der Waals surface area contributed by atoms with Crippen LogP contribution in [0.15, 0.2) is 30.3 Å². The molecule has 1 aliphatic heterocycles. The van der Waals surface area contributed by atoms with Crippen molar-refractivity contribution in [2.45, 2.75) is 12.8 Å². The average molecular weight is 315 g/mol. The van der Waals surface area contributed by atoms with E-state index in [1.54, 1.807) is 22.3 Å². The molecular weight excluding hydrogens is 298 g/mol. The number of thiazole rings is 1. The SMILES string of the molecule is NC(=O)C1CCCN(C(=O)C=Cc2nc3ccccc3s2)C1. The van der Waals surface area contributed by atoms with E-state index >= 15 is 0 Å². The molecular formula is C16H17N3O2S. The predicted octanol–water partition coefficient (Wildman–Crippen LogP) is 2.03. The summed E-state index contributed by atoms with van der Waals surface area (Å²) in [7, 11) is 0. The third kappa shape index (κ3) is 3.17. The highest BCUT2D eigenvalue weighted by Gasteiger charge is 2.25. The maximum absolute atomic E-state index is 12.2. The number of amides is 2. The molecule has 1 aliphatic rings. The summed E-state index contributed by atoms with van der Waals surface area (Å²) in [5.41, 5.74) is 6.27. The molecule has 5 nitrogen and oxygen atoms in total. The van der Waals surface area contributed by atoms with Gasteiger partial charge < -0.3 is 10.6 Å². The normalized spacial score (nSPS) is 18.9. The fraction of sp³-hybridized carbons (Fsp3) is 0.312. The van der Waals surface area contributed by atoms with Gasteiger partial charge in [0.2, 0.25) is 11.8 Å². The zero-order valence-electron chi connectivity index (χ0n) is 12.1. The Kier molecular flexibility index (Phi) is 4.20. The van der Waals surface area contributed by atoms with Crippen molar-refractivity contribution < 1.29 is 9.59 Å². The van der Waals surface area contributed by atoms with Crippen molar-refractivity contribution in [2.75, 3.05) is 13.1 Å². The quantitative estimate of drug-likeness (QED) is 0.881. The van der Waals surface area contributed by atoms with Crippen LogP contribution >= 0.6 is 11.3 Å². The topological polar surface area (TPSA) is 76.3 Å². The standard InChI is InChI=1S/C16H17N3O2S/c17-16(21)11-4-3-9-19(10-11)15(20)8-7-14-18-12-5-1-2-6-13(12)22-14/h1-2,5-8,11H,3-4,9-10H2,(H2,17,21). The van der Waals surface area contributed by atoms with Gasteiger partial charge in [0.15, 0.2) is 0 Å². The van der Waals surface area contributed by atoms with Gasteiger partial charge in [-0.1, -0.05) is 12.1 Å². The first-order valence-electron chi connectivity index (χ1n) is 7.25. The number of benzene rings is 1. The lowest BCUT2D eigenvalue weighted by Crippen LogP contribution is -2.43. The average Bonchev–Trinajstić information content (AvgIpc) is 2.95. The summed E-state index contributed by atoms with van der Waals surface area (Å²) < 4.78 is 1.10. The molecule has 3 rings (SSSR count). The fourth-order valence-electron chi connectivity index (χ4n) is 2.62. The number of likely N-dealkylation sites (tertiary alicyclic amines) is 1. The van der Waals surface area contributed by atoms with Crippen molar-refractivity contribution in [2.24, 2.45) is 11.7 Å².